The van der Waals surface area contributed by atoms with Crippen molar-refractivity contribution >= 4 is 27.5 Å². The predicted octanol–water partition coefficient (Wildman–Crippen LogP) is 0.819. The van der Waals surface area contributed by atoms with Crippen molar-refractivity contribution in [2.45, 2.75) is 26.3 Å². The van der Waals surface area contributed by atoms with Gasteiger partial charge < -0.3 is 5.32 Å². The van der Waals surface area contributed by atoms with Crippen LogP contribution < -0.4 is 5.32 Å². The fourth-order valence-electron chi connectivity index (χ4n) is 1.00. The number of rotatable bonds is 7. The Hall–Kier alpha value is -0.740. The Morgan fingerprint density at radius 2 is 2.06 bits per heavy atom. The average molecular weight is 292 g/mol. The van der Waals surface area contributed by atoms with Gasteiger partial charge in [-0.05, 0) is 12.8 Å². The molecular weight excluding hydrogens is 272 g/mol. The van der Waals surface area contributed by atoms with Crippen molar-refractivity contribution in [2.24, 2.45) is 5.92 Å². The van der Waals surface area contributed by atoms with Crippen molar-refractivity contribution in [1.29, 1.82) is 5.26 Å². The zero-order valence-electron chi connectivity index (χ0n) is 11.2. The average Bonchev–Trinajstić information content (AvgIpc) is 2.22. The highest BCUT2D eigenvalue weighted by atomic mass is 32.2. The van der Waals surface area contributed by atoms with E-state index in [2.05, 4.69) is 11.4 Å². The maximum atomic E-state index is 11.6. The highest BCUT2D eigenvalue weighted by Crippen LogP contribution is 2.15. The first-order valence-corrected chi connectivity index (χ1v) is 8.80. The number of sulfone groups is 1. The van der Waals surface area contributed by atoms with Gasteiger partial charge in [0.1, 0.15) is 15.4 Å². The van der Waals surface area contributed by atoms with Gasteiger partial charge in [0.25, 0.3) is 0 Å². The Kier molecular flexibility index (Phi) is 6.71. The molecule has 1 amide bonds. The molecule has 1 N–H and O–H groups in total. The third-order valence-corrected chi connectivity index (χ3v) is 4.78. The SMILES string of the molecule is CC(C)C(C)(C#N)NC(=O)CSCCS(C)(=O)=O. The summed E-state index contributed by atoms with van der Waals surface area (Å²) in [6.07, 6.45) is 1.17. The van der Waals surface area contributed by atoms with E-state index in [0.29, 0.717) is 5.75 Å². The minimum Gasteiger partial charge on any atom is -0.337 e. The van der Waals surface area contributed by atoms with Crippen LogP contribution in [0.5, 0.6) is 0 Å². The third-order valence-electron chi connectivity index (χ3n) is 2.62. The molecule has 1 unspecified atom stereocenters. The smallest absolute Gasteiger partial charge is 0.231 e. The number of carbonyl (C=O) groups is 1. The molecule has 0 heterocycles. The zero-order valence-corrected chi connectivity index (χ0v) is 12.8. The van der Waals surface area contributed by atoms with Gasteiger partial charge in [0, 0.05) is 12.0 Å². The summed E-state index contributed by atoms with van der Waals surface area (Å²) in [5.41, 5.74) is -0.880. The lowest BCUT2D eigenvalue weighted by atomic mass is 9.90. The molecule has 0 saturated carbocycles. The minimum absolute atomic E-state index is 0.00692. The number of hydrogen-bond donors (Lipinski definition) is 1. The van der Waals surface area contributed by atoms with Crippen LogP contribution in [0.3, 0.4) is 0 Å². The number of carbonyl (C=O) groups excluding carboxylic acids is 1. The van der Waals surface area contributed by atoms with Crippen molar-refractivity contribution < 1.29 is 13.2 Å². The van der Waals surface area contributed by atoms with Gasteiger partial charge in [-0.15, -0.1) is 0 Å². The minimum atomic E-state index is -2.98. The van der Waals surface area contributed by atoms with Crippen LogP contribution in [0.4, 0.5) is 0 Å². The van der Waals surface area contributed by atoms with Gasteiger partial charge in [-0.1, -0.05) is 13.8 Å². The highest BCUT2D eigenvalue weighted by Gasteiger charge is 2.29. The molecule has 5 nitrogen and oxygen atoms in total. The largest absolute Gasteiger partial charge is 0.337 e. The number of amides is 1. The molecule has 0 fully saturated rings. The highest BCUT2D eigenvalue weighted by molar-refractivity contribution is 8.01. The maximum Gasteiger partial charge on any atom is 0.231 e. The van der Waals surface area contributed by atoms with Crippen molar-refractivity contribution in [1.82, 2.24) is 5.32 Å². The topological polar surface area (TPSA) is 87.0 Å². The van der Waals surface area contributed by atoms with Crippen LogP contribution in [0, 0.1) is 17.2 Å². The molecule has 7 heteroatoms. The van der Waals surface area contributed by atoms with Gasteiger partial charge in [0.2, 0.25) is 5.91 Å². The lowest BCUT2D eigenvalue weighted by Gasteiger charge is -2.27. The molecule has 0 aliphatic rings. The van der Waals surface area contributed by atoms with Gasteiger partial charge in [-0.25, -0.2) is 8.42 Å². The molecule has 0 aliphatic heterocycles. The molecule has 0 aromatic carbocycles. The van der Waals surface area contributed by atoms with Gasteiger partial charge in [-0.2, -0.15) is 17.0 Å². The Balaban J connectivity index is 4.10. The zero-order chi connectivity index (χ0) is 14.4. The summed E-state index contributed by atoms with van der Waals surface area (Å²) in [5, 5.41) is 11.7. The van der Waals surface area contributed by atoms with Gasteiger partial charge in [0.15, 0.2) is 0 Å². The molecule has 18 heavy (non-hydrogen) atoms. The van der Waals surface area contributed by atoms with Crippen LogP contribution >= 0.6 is 11.8 Å². The number of hydrogen-bond acceptors (Lipinski definition) is 5. The Morgan fingerprint density at radius 1 is 1.50 bits per heavy atom. The Labute approximate surface area is 113 Å². The Morgan fingerprint density at radius 3 is 2.44 bits per heavy atom. The van der Waals surface area contributed by atoms with Gasteiger partial charge >= 0.3 is 0 Å². The van der Waals surface area contributed by atoms with Gasteiger partial charge in [-0.3, -0.25) is 4.79 Å². The number of nitrogens with zero attached hydrogens (tertiary/aromatic N) is 1. The van der Waals surface area contributed by atoms with Crippen LogP contribution in [0.1, 0.15) is 20.8 Å². The van der Waals surface area contributed by atoms with E-state index in [4.69, 9.17) is 5.26 Å². The monoisotopic (exact) mass is 292 g/mol. The molecule has 0 radical (unpaired) electrons. The maximum absolute atomic E-state index is 11.6. The van der Waals surface area contributed by atoms with Crippen LogP contribution in [0.25, 0.3) is 0 Å². The van der Waals surface area contributed by atoms with Crippen LogP contribution in [0.2, 0.25) is 0 Å². The van der Waals surface area contributed by atoms with E-state index in [-0.39, 0.29) is 23.3 Å². The molecule has 0 aliphatic carbocycles. The molecule has 0 rings (SSSR count). The Bertz CT molecular complexity index is 426. The number of nitriles is 1. The molecule has 0 spiro atoms. The molecule has 0 bridgehead atoms. The normalized spacial score (nSPS) is 14.9. The first kappa shape index (κ1) is 17.3. The van der Waals surface area contributed by atoms with Crippen LogP contribution in [-0.4, -0.2) is 43.4 Å². The summed E-state index contributed by atoms with van der Waals surface area (Å²) in [4.78, 5) is 11.6. The van der Waals surface area contributed by atoms with E-state index < -0.39 is 15.4 Å². The number of thioether (sulfide) groups is 1. The van der Waals surface area contributed by atoms with E-state index in [9.17, 15) is 13.2 Å². The van der Waals surface area contributed by atoms with E-state index in [1.165, 1.54) is 18.0 Å². The molecule has 0 aromatic rings. The second-order valence-electron chi connectivity index (χ2n) is 4.70. The predicted molar refractivity (Wildman–Crippen MR) is 74.0 cm³/mol. The molecule has 104 valence electrons. The summed E-state index contributed by atoms with van der Waals surface area (Å²) in [5.74, 6) is 0.375. The van der Waals surface area contributed by atoms with E-state index >= 15 is 0 Å². The quantitative estimate of drug-likeness (QED) is 0.702. The van der Waals surface area contributed by atoms with Crippen molar-refractivity contribution in [3.63, 3.8) is 0 Å². The summed E-state index contributed by atoms with van der Waals surface area (Å²) in [6.45, 7) is 5.40. The van der Waals surface area contributed by atoms with Gasteiger partial charge in [0.05, 0.1) is 17.6 Å². The van der Waals surface area contributed by atoms with Crippen molar-refractivity contribution in [3.8, 4) is 6.07 Å². The second-order valence-corrected chi connectivity index (χ2v) is 8.06. The fraction of sp³-hybridized carbons (Fsp3) is 0.818. The summed E-state index contributed by atoms with van der Waals surface area (Å²) < 4.78 is 21.8. The fourth-order valence-corrected chi connectivity index (χ4v) is 3.09. The molecular formula is C11H20N2O3S2. The van der Waals surface area contributed by atoms with E-state index in [1.54, 1.807) is 6.92 Å². The molecule has 0 aromatic heterocycles. The lowest BCUT2D eigenvalue weighted by Crippen LogP contribution is -2.49. The first-order chi connectivity index (χ1) is 8.10. The summed E-state index contributed by atoms with van der Waals surface area (Å²) in [6, 6.07) is 2.09. The van der Waals surface area contributed by atoms with E-state index in [0.717, 1.165) is 0 Å². The standard InChI is InChI=1S/C11H20N2O3S2/c1-9(2)11(3,8-12)13-10(14)7-17-5-6-18(4,15)16/h9H,5-7H2,1-4H3,(H,13,14). The molecule has 1 atom stereocenters. The second kappa shape index (κ2) is 7.00. The first-order valence-electron chi connectivity index (χ1n) is 5.58. The van der Waals surface area contributed by atoms with E-state index in [1.807, 2.05) is 13.8 Å². The van der Waals surface area contributed by atoms with Crippen molar-refractivity contribution in [3.05, 3.63) is 0 Å². The van der Waals surface area contributed by atoms with Crippen LogP contribution in [-0.2, 0) is 14.6 Å². The van der Waals surface area contributed by atoms with Crippen molar-refractivity contribution in [2.75, 3.05) is 23.5 Å². The van der Waals surface area contributed by atoms with Crippen LogP contribution in [0.15, 0.2) is 0 Å². The summed E-state index contributed by atoms with van der Waals surface area (Å²) in [7, 11) is -2.98. The summed E-state index contributed by atoms with van der Waals surface area (Å²) >= 11 is 1.25. The molecule has 0 saturated heterocycles. The lowest BCUT2D eigenvalue weighted by molar-refractivity contribution is -0.120. The third kappa shape index (κ3) is 6.87. The number of nitrogens with one attached hydrogen (secondary N) is 1.